The number of aromatic nitrogens is 2. The minimum absolute atomic E-state index is 0. The van der Waals surface area contributed by atoms with Gasteiger partial charge in [0, 0.05) is 25.7 Å². The molecular formula is C16H22N6O. The molecule has 0 saturated carbocycles. The lowest BCUT2D eigenvalue weighted by Crippen LogP contribution is -2.26. The Bertz CT molecular complexity index is 748. The van der Waals surface area contributed by atoms with E-state index in [0.717, 1.165) is 5.82 Å². The molecule has 7 nitrogen and oxygen atoms in total. The molecule has 0 aliphatic heterocycles. The summed E-state index contributed by atoms with van der Waals surface area (Å²) in [6, 6.07) is 11.2. The van der Waals surface area contributed by atoms with Gasteiger partial charge in [0.05, 0.1) is 25.0 Å². The maximum atomic E-state index is 9.02. The van der Waals surface area contributed by atoms with Gasteiger partial charge in [0.2, 0.25) is 0 Å². The summed E-state index contributed by atoms with van der Waals surface area (Å²) < 4.78 is 3.67. The van der Waals surface area contributed by atoms with Crippen molar-refractivity contribution in [1.29, 1.82) is 0 Å². The number of amidine groups is 1. The van der Waals surface area contributed by atoms with E-state index in [9.17, 15) is 0 Å². The first-order valence-corrected chi connectivity index (χ1v) is 6.92. The van der Waals surface area contributed by atoms with Crippen LogP contribution in [-0.4, -0.2) is 22.1 Å². The number of hydrogen-bond acceptors (Lipinski definition) is 4. The van der Waals surface area contributed by atoms with Gasteiger partial charge in [-0.15, -0.1) is 10.2 Å². The van der Waals surface area contributed by atoms with Crippen LogP contribution in [0.2, 0.25) is 0 Å². The van der Waals surface area contributed by atoms with Crippen LogP contribution >= 0.6 is 0 Å². The predicted octanol–water partition coefficient (Wildman–Crippen LogP) is 1.77. The van der Waals surface area contributed by atoms with E-state index in [1.165, 1.54) is 0 Å². The van der Waals surface area contributed by atoms with E-state index in [2.05, 4.69) is 20.4 Å². The summed E-state index contributed by atoms with van der Waals surface area (Å²) in [5, 5.41) is 25.4. The van der Waals surface area contributed by atoms with Gasteiger partial charge in [0.1, 0.15) is 0 Å². The largest absolute Gasteiger partial charge is 0.395 e. The lowest BCUT2D eigenvalue weighted by molar-refractivity contribution is -0.658. The Morgan fingerprint density at radius 3 is 2.74 bits per heavy atom. The van der Waals surface area contributed by atoms with Gasteiger partial charge in [-0.25, -0.2) is 4.57 Å². The average molecular weight is 314 g/mol. The number of nitrogens with zero attached hydrogens (tertiary/aromatic N) is 6. The molecule has 2 aromatic rings. The van der Waals surface area contributed by atoms with Gasteiger partial charge in [-0.1, -0.05) is 12.1 Å². The maximum Gasteiger partial charge on any atom is 0.350 e. The van der Waals surface area contributed by atoms with Crippen molar-refractivity contribution >= 4 is 11.7 Å². The first-order valence-electron chi connectivity index (χ1n) is 6.92. The first-order chi connectivity index (χ1) is 10.7. The second kappa shape index (κ2) is 9.37. The maximum absolute atomic E-state index is 9.02. The minimum atomic E-state index is 0. The van der Waals surface area contributed by atoms with Gasteiger partial charge in [-0.05, 0) is 23.3 Å². The molecule has 0 saturated heterocycles. The fourth-order valence-corrected chi connectivity index (χ4v) is 1.74. The molecule has 23 heavy (non-hydrogen) atoms. The number of aryl methyl sites for hydroxylation is 1. The van der Waals surface area contributed by atoms with Crippen LogP contribution in [0.15, 0.2) is 69.2 Å². The Balaban J connectivity index is 0.00000264. The fraction of sp³-hybridized carbons (Fsp3) is 0.250. The monoisotopic (exact) mass is 314 g/mol. The number of aliphatic hydroxyl groups excluding tert-OH is 1. The van der Waals surface area contributed by atoms with E-state index in [4.69, 9.17) is 5.11 Å². The Morgan fingerprint density at radius 1 is 1.22 bits per heavy atom. The quantitative estimate of drug-likeness (QED) is 0.229. The van der Waals surface area contributed by atoms with Crippen molar-refractivity contribution in [2.24, 2.45) is 27.5 Å². The highest BCUT2D eigenvalue weighted by Crippen LogP contribution is 2.03. The summed E-state index contributed by atoms with van der Waals surface area (Å²) in [6.45, 7) is 2.25. The molecule has 0 bridgehead atoms. The summed E-state index contributed by atoms with van der Waals surface area (Å²) in [5.74, 6) is 1.18. The van der Waals surface area contributed by atoms with E-state index in [1.54, 1.807) is 6.92 Å². The average Bonchev–Trinajstić information content (AvgIpc) is 2.53. The zero-order valence-electron chi connectivity index (χ0n) is 13.7. The highest BCUT2D eigenvalue weighted by atomic mass is 16.3. The molecule has 0 aliphatic rings. The topological polar surface area (TPSA) is 78.5 Å². The molecule has 1 N–H and O–H groups in total. The van der Waals surface area contributed by atoms with Gasteiger partial charge < -0.3 is 17.1 Å². The molecule has 7 heteroatoms. The summed E-state index contributed by atoms with van der Waals surface area (Å²) in [7, 11) is 1.90. The van der Waals surface area contributed by atoms with Gasteiger partial charge in [0.25, 0.3) is 0 Å². The molecule has 0 fully saturated rings. The van der Waals surface area contributed by atoms with Crippen LogP contribution in [0.25, 0.3) is 0 Å². The third kappa shape index (κ3) is 5.55. The highest BCUT2D eigenvalue weighted by molar-refractivity contribution is 5.79. The number of azo groups is 1. The zero-order valence-corrected chi connectivity index (χ0v) is 13.7. The molecule has 0 aromatic carbocycles. The van der Waals surface area contributed by atoms with Crippen LogP contribution in [0.3, 0.4) is 0 Å². The van der Waals surface area contributed by atoms with Crippen LogP contribution in [0.1, 0.15) is 6.92 Å². The highest BCUT2D eigenvalue weighted by Gasteiger charge is 2.03. The van der Waals surface area contributed by atoms with Crippen LogP contribution in [-0.2, 0) is 13.6 Å². The number of rotatable bonds is 4. The molecule has 0 radical (unpaired) electrons. The lowest BCUT2D eigenvalue weighted by Gasteiger charge is -2.02. The van der Waals surface area contributed by atoms with Crippen molar-refractivity contribution in [3.63, 3.8) is 0 Å². The van der Waals surface area contributed by atoms with Gasteiger partial charge in [-0.3, -0.25) is 0 Å². The zero-order chi connectivity index (χ0) is 15.8. The standard InChI is InChI=1S/C15H19N6O.CH3/c1-13(16-18-14-7-3-5-9-20(14)2)17-19-15-8-4-6-10-21(15)11-12-22;/h3-10,22H,11-12H2,1-2H3;1H3/q+1;-1. The normalized spacial score (nSPS) is 12.5. The molecule has 2 aromatic heterocycles. The van der Waals surface area contributed by atoms with Crippen molar-refractivity contribution < 1.29 is 9.67 Å². The Hall–Kier alpha value is -2.67. The summed E-state index contributed by atoms with van der Waals surface area (Å²) in [5.41, 5.74) is 0.649. The Morgan fingerprint density at radius 2 is 2.00 bits per heavy atom. The molecule has 2 rings (SSSR count). The molecule has 0 atom stereocenters. The molecule has 0 aliphatic carbocycles. The molecular weight excluding hydrogens is 292 g/mol. The third-order valence-corrected chi connectivity index (χ3v) is 2.88. The molecule has 2 heterocycles. The lowest BCUT2D eigenvalue weighted by atomic mass is 10.4. The van der Waals surface area contributed by atoms with E-state index in [0.29, 0.717) is 17.9 Å². The Kier molecular flexibility index (Phi) is 7.49. The second-order valence-electron chi connectivity index (χ2n) is 4.59. The first kappa shape index (κ1) is 18.4. The van der Waals surface area contributed by atoms with Crippen LogP contribution < -0.4 is 10.1 Å². The summed E-state index contributed by atoms with van der Waals surface area (Å²) in [4.78, 5) is 0. The Labute approximate surface area is 136 Å². The van der Waals surface area contributed by atoms with Gasteiger partial charge >= 0.3 is 5.82 Å². The van der Waals surface area contributed by atoms with E-state index in [1.807, 2.05) is 65.0 Å². The van der Waals surface area contributed by atoms with Crippen LogP contribution in [0.4, 0.5) is 5.82 Å². The van der Waals surface area contributed by atoms with Gasteiger partial charge in [-0.2, -0.15) is 0 Å². The summed E-state index contributed by atoms with van der Waals surface area (Å²) >= 11 is 0. The van der Waals surface area contributed by atoms with Crippen LogP contribution in [0.5, 0.6) is 0 Å². The van der Waals surface area contributed by atoms with Crippen LogP contribution in [0, 0.1) is 7.43 Å². The van der Waals surface area contributed by atoms with Crippen molar-refractivity contribution in [2.45, 2.75) is 13.5 Å². The van der Waals surface area contributed by atoms with Crippen molar-refractivity contribution in [2.75, 3.05) is 6.61 Å². The smallest absolute Gasteiger partial charge is 0.350 e. The minimum Gasteiger partial charge on any atom is -0.395 e. The molecule has 0 unspecified atom stereocenters. The van der Waals surface area contributed by atoms with Crippen molar-refractivity contribution in [3.05, 3.63) is 61.7 Å². The fourth-order valence-electron chi connectivity index (χ4n) is 1.74. The number of hydrogen-bond donors (Lipinski definition) is 1. The van der Waals surface area contributed by atoms with Crippen molar-refractivity contribution in [1.82, 2.24) is 4.57 Å². The number of pyridine rings is 2. The third-order valence-electron chi connectivity index (χ3n) is 2.88. The molecule has 122 valence electrons. The van der Waals surface area contributed by atoms with Crippen molar-refractivity contribution in [3.8, 4) is 0 Å². The van der Waals surface area contributed by atoms with Gasteiger partial charge in [0.15, 0.2) is 11.3 Å². The number of aliphatic hydroxyl groups is 1. The molecule has 0 spiro atoms. The second-order valence-corrected chi connectivity index (χ2v) is 4.59. The predicted molar refractivity (Wildman–Crippen MR) is 88.7 cm³/mol. The summed E-state index contributed by atoms with van der Waals surface area (Å²) in [6.07, 6.45) is 3.73. The van der Waals surface area contributed by atoms with E-state index in [-0.39, 0.29) is 14.0 Å². The van der Waals surface area contributed by atoms with E-state index >= 15 is 0 Å². The SMILES string of the molecule is C/C(N=Nc1cccc[n+]1C)=N\N=c1/ccccn1CCO.[CH3-]. The van der Waals surface area contributed by atoms with E-state index < -0.39 is 0 Å². The molecule has 0 amide bonds.